The van der Waals surface area contributed by atoms with E-state index < -0.39 is 0 Å². The smallest absolute Gasteiger partial charge is 0.285 e. The Bertz CT molecular complexity index is 631. The van der Waals surface area contributed by atoms with Crippen molar-refractivity contribution in [2.75, 3.05) is 6.26 Å². The number of aromatic amines is 2. The summed E-state index contributed by atoms with van der Waals surface area (Å²) in [6.45, 7) is 0. The van der Waals surface area contributed by atoms with Gasteiger partial charge in [0.1, 0.15) is 5.52 Å². The van der Waals surface area contributed by atoms with Gasteiger partial charge in [-0.05, 0) is 23.4 Å². The first-order valence-electron chi connectivity index (χ1n) is 4.56. The third-order valence-electron chi connectivity index (χ3n) is 2.40. The Morgan fingerprint density at radius 2 is 2.20 bits per heavy atom. The molecule has 15 heavy (non-hydrogen) atoms. The second-order valence-electron chi connectivity index (χ2n) is 3.20. The third-order valence-corrected chi connectivity index (χ3v) is 3.15. The van der Waals surface area contributed by atoms with E-state index in [4.69, 9.17) is 0 Å². The molecule has 0 saturated carbocycles. The number of nitrogens with one attached hydrogen (secondary N) is 2. The van der Waals surface area contributed by atoms with Gasteiger partial charge in [-0.15, -0.1) is 0 Å². The SMILES string of the molecule is CSc1[nH+]cnc2c1ccc1[nH]cnc12. The summed E-state index contributed by atoms with van der Waals surface area (Å²) in [7, 11) is 0. The van der Waals surface area contributed by atoms with Crippen LogP contribution in [0.15, 0.2) is 29.8 Å². The van der Waals surface area contributed by atoms with Gasteiger partial charge in [-0.25, -0.2) is 9.97 Å². The van der Waals surface area contributed by atoms with E-state index in [1.807, 2.05) is 12.3 Å². The fourth-order valence-corrected chi connectivity index (χ4v) is 2.26. The van der Waals surface area contributed by atoms with Crippen molar-refractivity contribution in [1.29, 1.82) is 0 Å². The molecule has 5 heteroatoms. The van der Waals surface area contributed by atoms with E-state index in [1.165, 1.54) is 0 Å². The van der Waals surface area contributed by atoms with Crippen LogP contribution in [-0.2, 0) is 0 Å². The Hall–Kier alpha value is -1.62. The zero-order chi connectivity index (χ0) is 10.3. The van der Waals surface area contributed by atoms with E-state index >= 15 is 0 Å². The summed E-state index contributed by atoms with van der Waals surface area (Å²) in [5.74, 6) is 0. The van der Waals surface area contributed by atoms with Crippen LogP contribution < -0.4 is 4.98 Å². The Balaban J connectivity index is 2.53. The highest BCUT2D eigenvalue weighted by Crippen LogP contribution is 2.25. The Kier molecular flexibility index (Phi) is 1.85. The fraction of sp³-hybridized carbons (Fsp3) is 0.100. The van der Waals surface area contributed by atoms with Gasteiger partial charge in [0.15, 0.2) is 5.03 Å². The van der Waals surface area contributed by atoms with Crippen molar-refractivity contribution in [2.45, 2.75) is 5.03 Å². The molecular formula is C10H9N4S+. The summed E-state index contributed by atoms with van der Waals surface area (Å²) in [5.41, 5.74) is 2.89. The van der Waals surface area contributed by atoms with Crippen molar-refractivity contribution in [1.82, 2.24) is 15.0 Å². The molecule has 0 bridgehead atoms. The summed E-state index contributed by atoms with van der Waals surface area (Å²) < 4.78 is 0. The lowest BCUT2D eigenvalue weighted by molar-refractivity contribution is -0.427. The van der Waals surface area contributed by atoms with Crippen LogP contribution >= 0.6 is 11.8 Å². The Morgan fingerprint density at radius 3 is 3.07 bits per heavy atom. The molecule has 0 amide bonds. The monoisotopic (exact) mass is 217 g/mol. The van der Waals surface area contributed by atoms with Crippen molar-refractivity contribution in [3.63, 3.8) is 0 Å². The highest BCUT2D eigenvalue weighted by atomic mass is 32.2. The average Bonchev–Trinajstić information content (AvgIpc) is 2.76. The molecule has 0 radical (unpaired) electrons. The molecule has 0 fully saturated rings. The number of thioether (sulfide) groups is 1. The van der Waals surface area contributed by atoms with Crippen LogP contribution in [0.3, 0.4) is 0 Å². The predicted octanol–water partition coefficient (Wildman–Crippen LogP) is 1.65. The molecule has 2 aromatic heterocycles. The van der Waals surface area contributed by atoms with E-state index in [-0.39, 0.29) is 0 Å². The maximum absolute atomic E-state index is 4.34. The number of H-pyrrole nitrogens is 2. The van der Waals surface area contributed by atoms with Crippen molar-refractivity contribution in [3.05, 3.63) is 24.8 Å². The summed E-state index contributed by atoms with van der Waals surface area (Å²) in [4.78, 5) is 14.8. The topological polar surface area (TPSA) is 55.7 Å². The molecule has 2 heterocycles. The maximum Gasteiger partial charge on any atom is 0.285 e. The number of rotatable bonds is 1. The quantitative estimate of drug-likeness (QED) is 0.498. The maximum atomic E-state index is 4.34. The predicted molar refractivity (Wildman–Crippen MR) is 59.7 cm³/mol. The first kappa shape index (κ1) is 8.67. The van der Waals surface area contributed by atoms with Crippen LogP contribution in [0.5, 0.6) is 0 Å². The first-order chi connectivity index (χ1) is 7.40. The lowest BCUT2D eigenvalue weighted by atomic mass is 10.2. The van der Waals surface area contributed by atoms with Crippen molar-refractivity contribution in [2.24, 2.45) is 0 Å². The molecule has 0 aliphatic heterocycles. The molecule has 0 unspecified atom stereocenters. The molecule has 0 aliphatic carbocycles. The minimum Gasteiger partial charge on any atom is -0.344 e. The van der Waals surface area contributed by atoms with Gasteiger partial charge in [0, 0.05) is 0 Å². The fourth-order valence-electron chi connectivity index (χ4n) is 1.71. The molecule has 0 saturated heterocycles. The van der Waals surface area contributed by atoms with Crippen molar-refractivity contribution in [3.8, 4) is 0 Å². The molecule has 3 aromatic rings. The average molecular weight is 217 g/mol. The van der Waals surface area contributed by atoms with Crippen molar-refractivity contribution < 1.29 is 4.98 Å². The van der Waals surface area contributed by atoms with Crippen LogP contribution in [0.25, 0.3) is 21.9 Å². The van der Waals surface area contributed by atoms with E-state index in [0.29, 0.717) is 0 Å². The third kappa shape index (κ3) is 1.20. The van der Waals surface area contributed by atoms with Gasteiger partial charge in [-0.2, -0.15) is 0 Å². The summed E-state index contributed by atoms with van der Waals surface area (Å²) in [5, 5.41) is 2.23. The molecule has 0 atom stereocenters. The van der Waals surface area contributed by atoms with Crippen LogP contribution in [0.4, 0.5) is 0 Å². The molecule has 0 aliphatic rings. The lowest BCUT2D eigenvalue weighted by Crippen LogP contribution is -2.06. The molecule has 4 nitrogen and oxygen atoms in total. The van der Waals surface area contributed by atoms with Gasteiger partial charge in [0.2, 0.25) is 5.52 Å². The molecular weight excluding hydrogens is 208 g/mol. The summed E-state index contributed by atoms with van der Waals surface area (Å²) >= 11 is 1.68. The number of hydrogen-bond donors (Lipinski definition) is 1. The van der Waals surface area contributed by atoms with E-state index in [1.54, 1.807) is 24.4 Å². The lowest BCUT2D eigenvalue weighted by Gasteiger charge is -1.96. The second kappa shape index (κ2) is 3.20. The van der Waals surface area contributed by atoms with Gasteiger partial charge >= 0.3 is 0 Å². The number of fused-ring (bicyclic) bond motifs is 3. The number of aromatic nitrogens is 4. The second-order valence-corrected chi connectivity index (χ2v) is 4.01. The van der Waals surface area contributed by atoms with Gasteiger partial charge in [-0.3, -0.25) is 0 Å². The van der Waals surface area contributed by atoms with Gasteiger partial charge < -0.3 is 4.98 Å². The Morgan fingerprint density at radius 1 is 1.27 bits per heavy atom. The molecule has 3 rings (SSSR count). The molecule has 74 valence electrons. The number of benzene rings is 1. The largest absolute Gasteiger partial charge is 0.344 e. The summed E-state index contributed by atoms with van der Waals surface area (Å²) in [6, 6.07) is 4.09. The number of nitrogens with zero attached hydrogens (tertiary/aromatic N) is 2. The minimum absolute atomic E-state index is 0.928. The minimum atomic E-state index is 0.928. The standard InChI is InChI=1S/C10H8N4S/c1-15-10-6-2-3-7-9(13-4-11-7)8(6)12-5-14-10/h2-5H,1H3,(H,11,13)/p+1. The Labute approximate surface area is 90.2 Å². The van der Waals surface area contributed by atoms with Crippen LogP contribution in [-0.4, -0.2) is 21.2 Å². The molecule has 2 N–H and O–H groups in total. The normalized spacial score (nSPS) is 11.3. The first-order valence-corrected chi connectivity index (χ1v) is 5.79. The van der Waals surface area contributed by atoms with Crippen LogP contribution in [0.2, 0.25) is 0 Å². The molecule has 0 spiro atoms. The molecule has 1 aromatic carbocycles. The zero-order valence-electron chi connectivity index (χ0n) is 8.11. The van der Waals surface area contributed by atoms with E-state index in [9.17, 15) is 0 Å². The van der Waals surface area contributed by atoms with Gasteiger partial charge in [0.05, 0.1) is 17.2 Å². The zero-order valence-corrected chi connectivity index (χ0v) is 8.93. The van der Waals surface area contributed by atoms with E-state index in [0.717, 1.165) is 27.0 Å². The van der Waals surface area contributed by atoms with Gasteiger partial charge in [-0.1, -0.05) is 11.8 Å². The van der Waals surface area contributed by atoms with Crippen LogP contribution in [0, 0.1) is 0 Å². The van der Waals surface area contributed by atoms with Crippen molar-refractivity contribution >= 4 is 33.7 Å². The summed E-state index contributed by atoms with van der Waals surface area (Å²) in [6.07, 6.45) is 5.45. The van der Waals surface area contributed by atoms with Gasteiger partial charge in [0.25, 0.3) is 6.33 Å². The number of hydrogen-bond acceptors (Lipinski definition) is 3. The van der Waals surface area contributed by atoms with E-state index in [2.05, 4.69) is 26.0 Å². The highest BCUT2D eigenvalue weighted by molar-refractivity contribution is 7.98. The number of imidazole rings is 1. The highest BCUT2D eigenvalue weighted by Gasteiger charge is 2.12. The van der Waals surface area contributed by atoms with Crippen LogP contribution in [0.1, 0.15) is 0 Å².